The van der Waals surface area contributed by atoms with Gasteiger partial charge in [-0.1, -0.05) is 6.07 Å². The van der Waals surface area contributed by atoms with Gasteiger partial charge in [-0.25, -0.2) is 13.6 Å². The zero-order valence-corrected chi connectivity index (χ0v) is 11.4. The number of carbonyl (C=O) groups excluding carboxylic acids is 1. The lowest BCUT2D eigenvalue weighted by Crippen LogP contribution is -2.40. The molecule has 5 nitrogen and oxygen atoms in total. The molecule has 1 aromatic rings. The van der Waals surface area contributed by atoms with E-state index in [1.807, 2.05) is 0 Å². The normalized spacial score (nSPS) is 21.4. The Hall–Kier alpha value is -2.18. The maximum absolute atomic E-state index is 13.8. The van der Waals surface area contributed by atoms with E-state index in [1.54, 1.807) is 13.0 Å². The van der Waals surface area contributed by atoms with Crippen LogP contribution in [-0.4, -0.2) is 47.2 Å². The number of carboxylic acid groups (broad SMARTS) is 1. The molecule has 0 aromatic heterocycles. The number of ether oxygens (including phenoxy) is 1. The maximum atomic E-state index is 13.8. The van der Waals surface area contributed by atoms with E-state index >= 15 is 0 Å². The first-order valence-electron chi connectivity index (χ1n) is 6.41. The lowest BCUT2D eigenvalue weighted by molar-refractivity contribution is -0.150. The summed E-state index contributed by atoms with van der Waals surface area (Å²) < 4.78 is 32.4. The monoisotopic (exact) mass is 299 g/mol. The molecular weight excluding hydrogens is 284 g/mol. The molecule has 7 heteroatoms. The number of hydrogen-bond donors (Lipinski definition) is 1. The second-order valence-corrected chi connectivity index (χ2v) is 5.06. The zero-order valence-electron chi connectivity index (χ0n) is 11.4. The van der Waals surface area contributed by atoms with Crippen molar-refractivity contribution in [2.24, 2.45) is 0 Å². The zero-order chi connectivity index (χ0) is 15.6. The summed E-state index contributed by atoms with van der Waals surface area (Å²) >= 11 is 0. The van der Waals surface area contributed by atoms with Gasteiger partial charge in [0.15, 0.2) is 18.2 Å². The van der Waals surface area contributed by atoms with Crippen molar-refractivity contribution in [2.75, 3.05) is 19.7 Å². The van der Waals surface area contributed by atoms with E-state index in [9.17, 15) is 18.4 Å². The first-order chi connectivity index (χ1) is 9.82. The molecule has 0 spiro atoms. The van der Waals surface area contributed by atoms with Crippen LogP contribution >= 0.6 is 0 Å². The molecular formula is C14H15F2NO4. The number of nitrogens with zero attached hydrogens (tertiary/aromatic N) is 1. The van der Waals surface area contributed by atoms with Gasteiger partial charge in [-0.2, -0.15) is 0 Å². The summed E-state index contributed by atoms with van der Waals surface area (Å²) in [4.78, 5) is 23.7. The quantitative estimate of drug-likeness (QED) is 0.916. The van der Waals surface area contributed by atoms with Gasteiger partial charge in [0.05, 0.1) is 6.54 Å². The molecule has 1 saturated heterocycles. The predicted molar refractivity (Wildman–Crippen MR) is 69.3 cm³/mol. The average molecular weight is 299 g/mol. The fraction of sp³-hybridized carbons (Fsp3) is 0.429. The lowest BCUT2D eigenvalue weighted by Gasteiger charge is -2.18. The number of hydrogen-bond acceptors (Lipinski definition) is 3. The van der Waals surface area contributed by atoms with E-state index < -0.39 is 36.5 Å². The van der Waals surface area contributed by atoms with Gasteiger partial charge in [0.2, 0.25) is 5.67 Å². The van der Waals surface area contributed by atoms with Crippen LogP contribution in [0.3, 0.4) is 0 Å². The molecule has 0 unspecified atom stereocenters. The van der Waals surface area contributed by atoms with Crippen molar-refractivity contribution in [2.45, 2.75) is 19.0 Å². The van der Waals surface area contributed by atoms with Crippen LogP contribution in [0.4, 0.5) is 8.78 Å². The van der Waals surface area contributed by atoms with Crippen molar-refractivity contribution in [1.29, 1.82) is 0 Å². The Kier molecular flexibility index (Phi) is 4.11. The number of halogens is 2. The number of benzene rings is 1. The molecule has 0 radical (unpaired) electrons. The topological polar surface area (TPSA) is 66.8 Å². The van der Waals surface area contributed by atoms with Gasteiger partial charge in [0.1, 0.15) is 0 Å². The van der Waals surface area contributed by atoms with Crippen LogP contribution in [0.2, 0.25) is 0 Å². The van der Waals surface area contributed by atoms with Crippen molar-refractivity contribution in [3.8, 4) is 5.75 Å². The maximum Gasteiger partial charge on any atom is 0.343 e. The standard InChI is InChI=1S/C14H15F2NO4/c1-9-2-3-10(15)11(6-9)21-7-12(18)17-5-4-14(16,8-17)13(19)20/h2-3,6H,4-5,7-8H2,1H3,(H,19,20)/t14-/m1/s1. The average Bonchev–Trinajstić information content (AvgIpc) is 2.84. The van der Waals surface area contributed by atoms with Gasteiger partial charge in [0, 0.05) is 13.0 Å². The number of aryl methyl sites for hydroxylation is 1. The van der Waals surface area contributed by atoms with E-state index in [2.05, 4.69) is 0 Å². The number of rotatable bonds is 4. The number of alkyl halides is 1. The Morgan fingerprint density at radius 1 is 1.48 bits per heavy atom. The van der Waals surface area contributed by atoms with E-state index in [-0.39, 0.29) is 18.7 Å². The molecule has 2 rings (SSSR count). The molecule has 1 aliphatic heterocycles. The Bertz CT molecular complexity index is 578. The first-order valence-corrected chi connectivity index (χ1v) is 6.41. The number of likely N-dealkylation sites (tertiary alicyclic amines) is 1. The van der Waals surface area contributed by atoms with Crippen LogP contribution in [0, 0.1) is 12.7 Å². The Morgan fingerprint density at radius 2 is 2.19 bits per heavy atom. The molecule has 1 heterocycles. The minimum atomic E-state index is -2.41. The van der Waals surface area contributed by atoms with Crippen molar-refractivity contribution < 1.29 is 28.2 Å². The van der Waals surface area contributed by atoms with Gasteiger partial charge in [-0.05, 0) is 24.6 Å². The molecule has 1 fully saturated rings. The molecule has 1 amide bonds. The number of carboxylic acids is 1. The van der Waals surface area contributed by atoms with Gasteiger partial charge >= 0.3 is 5.97 Å². The van der Waals surface area contributed by atoms with E-state index in [4.69, 9.17) is 9.84 Å². The van der Waals surface area contributed by atoms with Crippen molar-refractivity contribution in [3.63, 3.8) is 0 Å². The van der Waals surface area contributed by atoms with E-state index in [1.165, 1.54) is 12.1 Å². The second-order valence-electron chi connectivity index (χ2n) is 5.06. The second kappa shape index (κ2) is 5.67. The molecule has 1 N–H and O–H groups in total. The summed E-state index contributed by atoms with van der Waals surface area (Å²) in [5.41, 5.74) is -1.64. The predicted octanol–water partition coefficient (Wildman–Crippen LogP) is 1.54. The fourth-order valence-electron chi connectivity index (χ4n) is 2.11. The van der Waals surface area contributed by atoms with Crippen LogP contribution in [0.25, 0.3) is 0 Å². The lowest BCUT2D eigenvalue weighted by atomic mass is 10.1. The van der Waals surface area contributed by atoms with Crippen LogP contribution in [0.5, 0.6) is 5.75 Å². The van der Waals surface area contributed by atoms with Crippen molar-refractivity contribution in [3.05, 3.63) is 29.6 Å². The fourth-order valence-corrected chi connectivity index (χ4v) is 2.11. The Morgan fingerprint density at radius 3 is 2.81 bits per heavy atom. The van der Waals surface area contributed by atoms with Gasteiger partial charge in [-0.15, -0.1) is 0 Å². The summed E-state index contributed by atoms with van der Waals surface area (Å²) in [7, 11) is 0. The number of aliphatic carboxylic acids is 1. The van der Waals surface area contributed by atoms with Crippen LogP contribution in [0.15, 0.2) is 18.2 Å². The van der Waals surface area contributed by atoms with Crippen molar-refractivity contribution in [1.82, 2.24) is 4.90 Å². The third-order valence-electron chi connectivity index (χ3n) is 3.39. The molecule has 0 aliphatic carbocycles. The van der Waals surface area contributed by atoms with Gasteiger partial charge < -0.3 is 14.7 Å². The number of amides is 1. The third-order valence-corrected chi connectivity index (χ3v) is 3.39. The smallest absolute Gasteiger partial charge is 0.343 e. The summed E-state index contributed by atoms with van der Waals surface area (Å²) in [6.07, 6.45) is -0.257. The highest BCUT2D eigenvalue weighted by atomic mass is 19.1. The van der Waals surface area contributed by atoms with Crippen LogP contribution in [0.1, 0.15) is 12.0 Å². The van der Waals surface area contributed by atoms with E-state index in [0.29, 0.717) is 0 Å². The molecule has 114 valence electrons. The Balaban J connectivity index is 1.94. The molecule has 1 aliphatic rings. The van der Waals surface area contributed by atoms with Crippen LogP contribution in [-0.2, 0) is 9.59 Å². The molecule has 0 bridgehead atoms. The molecule has 0 saturated carbocycles. The largest absolute Gasteiger partial charge is 0.481 e. The van der Waals surface area contributed by atoms with Gasteiger partial charge in [0.25, 0.3) is 5.91 Å². The molecule has 1 aromatic carbocycles. The highest BCUT2D eigenvalue weighted by Gasteiger charge is 2.46. The number of carbonyl (C=O) groups is 2. The summed E-state index contributed by atoms with van der Waals surface area (Å²) in [5.74, 6) is -2.81. The SMILES string of the molecule is Cc1ccc(F)c(OCC(=O)N2CC[C@](F)(C(=O)O)C2)c1. The minimum Gasteiger partial charge on any atom is -0.481 e. The van der Waals surface area contributed by atoms with Gasteiger partial charge in [-0.3, -0.25) is 4.79 Å². The third kappa shape index (κ3) is 3.29. The summed E-state index contributed by atoms with van der Waals surface area (Å²) in [6.45, 7) is 0.775. The highest BCUT2D eigenvalue weighted by Crippen LogP contribution is 2.26. The van der Waals surface area contributed by atoms with Crippen molar-refractivity contribution >= 4 is 11.9 Å². The molecule has 21 heavy (non-hydrogen) atoms. The highest BCUT2D eigenvalue weighted by molar-refractivity contribution is 5.83. The summed E-state index contributed by atoms with van der Waals surface area (Å²) in [6, 6.07) is 4.24. The van der Waals surface area contributed by atoms with E-state index in [0.717, 1.165) is 10.5 Å². The summed E-state index contributed by atoms with van der Waals surface area (Å²) in [5, 5.41) is 8.75. The minimum absolute atomic E-state index is 0.00128. The van der Waals surface area contributed by atoms with Crippen LogP contribution < -0.4 is 4.74 Å². The first kappa shape index (κ1) is 15.2. The Labute approximate surface area is 120 Å². The molecule has 1 atom stereocenters.